The van der Waals surface area contributed by atoms with E-state index in [-0.39, 0.29) is 36.4 Å². The zero-order chi connectivity index (χ0) is 15.0. The first kappa shape index (κ1) is 20.5. The summed E-state index contributed by atoms with van der Waals surface area (Å²) in [5.41, 5.74) is 0. The van der Waals surface area contributed by atoms with Crippen molar-refractivity contribution in [2.45, 2.75) is 53.0 Å². The topological polar surface area (TPSA) is 56.7 Å². The van der Waals surface area contributed by atoms with E-state index in [2.05, 4.69) is 36.4 Å². The van der Waals surface area contributed by atoms with Crippen molar-refractivity contribution < 1.29 is 4.79 Å². The highest BCUT2D eigenvalue weighted by atomic mass is 127. The number of carbonyl (C=O) groups excluding carboxylic acids is 1. The van der Waals surface area contributed by atoms with Crippen LogP contribution in [0.5, 0.6) is 0 Å². The van der Waals surface area contributed by atoms with Crippen LogP contribution in [0.2, 0.25) is 0 Å². The minimum atomic E-state index is 0. The normalized spacial score (nSPS) is 17.2. The molecule has 1 amide bonds. The lowest BCUT2D eigenvalue weighted by Crippen LogP contribution is -2.45. The average molecular weight is 410 g/mol. The van der Waals surface area contributed by atoms with Gasteiger partial charge in [0.05, 0.1) is 0 Å². The summed E-state index contributed by atoms with van der Waals surface area (Å²) < 4.78 is 0. The van der Waals surface area contributed by atoms with Crippen LogP contribution in [0.15, 0.2) is 4.99 Å². The lowest BCUT2D eigenvalue weighted by Gasteiger charge is -2.26. The van der Waals surface area contributed by atoms with Crippen molar-refractivity contribution in [2.75, 3.05) is 26.2 Å². The van der Waals surface area contributed by atoms with Gasteiger partial charge in [0.2, 0.25) is 5.91 Å². The Kier molecular flexibility index (Phi) is 10.8. The predicted octanol–water partition coefficient (Wildman–Crippen LogP) is 2.22. The summed E-state index contributed by atoms with van der Waals surface area (Å²) in [4.78, 5) is 18.4. The van der Waals surface area contributed by atoms with Gasteiger partial charge in [0.1, 0.15) is 6.54 Å². The first-order valence-corrected chi connectivity index (χ1v) is 7.87. The average Bonchev–Trinajstić information content (AvgIpc) is 2.45. The highest BCUT2D eigenvalue weighted by molar-refractivity contribution is 14.0. The first-order valence-electron chi connectivity index (χ1n) is 7.87. The van der Waals surface area contributed by atoms with Gasteiger partial charge >= 0.3 is 0 Å². The largest absolute Gasteiger partial charge is 0.357 e. The van der Waals surface area contributed by atoms with E-state index in [0.717, 1.165) is 38.4 Å². The molecule has 0 saturated carbocycles. The number of likely N-dealkylation sites (tertiary alicyclic amines) is 1. The molecule has 1 heterocycles. The number of nitrogens with zero attached hydrogens (tertiary/aromatic N) is 2. The van der Waals surface area contributed by atoms with Gasteiger partial charge in [0.25, 0.3) is 0 Å². The van der Waals surface area contributed by atoms with Crippen LogP contribution in [0.4, 0.5) is 0 Å². The molecule has 124 valence electrons. The third kappa shape index (κ3) is 7.87. The number of guanidine groups is 1. The Morgan fingerprint density at radius 2 is 1.81 bits per heavy atom. The zero-order valence-corrected chi connectivity index (χ0v) is 16.1. The highest BCUT2D eigenvalue weighted by Crippen LogP contribution is 2.08. The molecular formula is C15H31IN4O. The Labute approximate surface area is 146 Å². The van der Waals surface area contributed by atoms with Gasteiger partial charge in [-0.3, -0.25) is 4.79 Å². The minimum Gasteiger partial charge on any atom is -0.357 e. The number of rotatable bonds is 5. The summed E-state index contributed by atoms with van der Waals surface area (Å²) in [7, 11) is 0. The van der Waals surface area contributed by atoms with Crippen molar-refractivity contribution in [1.29, 1.82) is 0 Å². The van der Waals surface area contributed by atoms with Gasteiger partial charge in [-0.25, -0.2) is 4.99 Å². The number of piperidine rings is 1. The predicted molar refractivity (Wildman–Crippen MR) is 99.3 cm³/mol. The van der Waals surface area contributed by atoms with Crippen molar-refractivity contribution in [3.63, 3.8) is 0 Å². The zero-order valence-electron chi connectivity index (χ0n) is 13.8. The van der Waals surface area contributed by atoms with Gasteiger partial charge in [-0.15, -0.1) is 24.0 Å². The van der Waals surface area contributed by atoms with Crippen LogP contribution in [-0.2, 0) is 4.79 Å². The molecule has 5 nitrogen and oxygen atoms in total. The van der Waals surface area contributed by atoms with E-state index < -0.39 is 0 Å². The van der Waals surface area contributed by atoms with Gasteiger partial charge in [-0.1, -0.05) is 13.8 Å². The van der Waals surface area contributed by atoms with E-state index in [1.54, 1.807) is 0 Å². The quantitative estimate of drug-likeness (QED) is 0.415. The second kappa shape index (κ2) is 11.1. The van der Waals surface area contributed by atoms with E-state index in [1.165, 1.54) is 6.42 Å². The van der Waals surface area contributed by atoms with Gasteiger partial charge < -0.3 is 15.5 Å². The summed E-state index contributed by atoms with van der Waals surface area (Å²) in [5, 5.41) is 6.54. The van der Waals surface area contributed by atoms with Crippen LogP contribution in [0.25, 0.3) is 0 Å². The number of carbonyl (C=O) groups is 1. The number of halogens is 1. The number of nitrogens with one attached hydrogen (secondary N) is 2. The molecule has 1 fully saturated rings. The maximum Gasteiger partial charge on any atom is 0.244 e. The fourth-order valence-electron chi connectivity index (χ4n) is 2.09. The second-order valence-electron chi connectivity index (χ2n) is 5.81. The molecule has 1 aliphatic rings. The molecule has 0 aromatic rings. The molecule has 0 spiro atoms. The molecule has 0 aromatic carbocycles. The third-order valence-corrected chi connectivity index (χ3v) is 3.79. The Hall–Kier alpha value is -0.530. The van der Waals surface area contributed by atoms with Gasteiger partial charge in [-0.2, -0.15) is 0 Å². The molecule has 1 atom stereocenters. The van der Waals surface area contributed by atoms with Crippen molar-refractivity contribution in [2.24, 2.45) is 10.9 Å². The number of hydrogen-bond donors (Lipinski definition) is 2. The first-order chi connectivity index (χ1) is 9.54. The lowest BCUT2D eigenvalue weighted by atomic mass is 10.1. The van der Waals surface area contributed by atoms with Crippen molar-refractivity contribution in [3.05, 3.63) is 0 Å². The van der Waals surface area contributed by atoms with Crippen LogP contribution in [0.3, 0.4) is 0 Å². The molecule has 1 aliphatic heterocycles. The van der Waals surface area contributed by atoms with Gasteiger partial charge in [-0.05, 0) is 39.0 Å². The summed E-state index contributed by atoms with van der Waals surface area (Å²) >= 11 is 0. The fraction of sp³-hybridized carbons (Fsp3) is 0.867. The molecule has 2 N–H and O–H groups in total. The molecule has 0 bridgehead atoms. The number of hydrogen-bond acceptors (Lipinski definition) is 2. The van der Waals surface area contributed by atoms with Crippen LogP contribution >= 0.6 is 24.0 Å². The molecule has 0 aliphatic carbocycles. The van der Waals surface area contributed by atoms with Crippen molar-refractivity contribution >= 4 is 35.8 Å². The number of amides is 1. The standard InChI is InChI=1S/C15H30N4O.HI/c1-5-16-15(18-13(4)12(2)3)17-11-14(20)19-9-7-6-8-10-19;/h12-13H,5-11H2,1-4H3,(H2,16,17,18);1H. The molecule has 6 heteroatoms. The molecule has 1 saturated heterocycles. The molecule has 1 rings (SSSR count). The summed E-state index contributed by atoms with van der Waals surface area (Å²) in [6.07, 6.45) is 3.49. The van der Waals surface area contributed by atoms with Crippen LogP contribution < -0.4 is 10.6 Å². The fourth-order valence-corrected chi connectivity index (χ4v) is 2.09. The van der Waals surface area contributed by atoms with E-state index in [9.17, 15) is 4.79 Å². The smallest absolute Gasteiger partial charge is 0.244 e. The Morgan fingerprint density at radius 1 is 1.19 bits per heavy atom. The highest BCUT2D eigenvalue weighted by Gasteiger charge is 2.16. The summed E-state index contributed by atoms with van der Waals surface area (Å²) in [6, 6.07) is 0.331. The second-order valence-corrected chi connectivity index (χ2v) is 5.81. The Bertz CT molecular complexity index is 328. The number of aliphatic imine (C=N–C) groups is 1. The third-order valence-electron chi connectivity index (χ3n) is 3.79. The molecule has 1 unspecified atom stereocenters. The van der Waals surface area contributed by atoms with Crippen molar-refractivity contribution in [1.82, 2.24) is 15.5 Å². The van der Waals surface area contributed by atoms with Crippen LogP contribution in [-0.4, -0.2) is 49.0 Å². The molecule has 0 aromatic heterocycles. The maximum atomic E-state index is 12.1. The lowest BCUT2D eigenvalue weighted by molar-refractivity contribution is -0.130. The molecule has 21 heavy (non-hydrogen) atoms. The van der Waals surface area contributed by atoms with E-state index in [1.807, 2.05) is 11.8 Å². The van der Waals surface area contributed by atoms with Crippen LogP contribution in [0, 0.1) is 5.92 Å². The molecule has 0 radical (unpaired) electrons. The van der Waals surface area contributed by atoms with Gasteiger partial charge in [0.15, 0.2) is 5.96 Å². The maximum absolute atomic E-state index is 12.1. The molecular weight excluding hydrogens is 379 g/mol. The van der Waals surface area contributed by atoms with E-state index >= 15 is 0 Å². The van der Waals surface area contributed by atoms with E-state index in [0.29, 0.717) is 12.0 Å². The van der Waals surface area contributed by atoms with E-state index in [4.69, 9.17) is 0 Å². The monoisotopic (exact) mass is 410 g/mol. The summed E-state index contributed by atoms with van der Waals surface area (Å²) in [6.45, 7) is 11.3. The van der Waals surface area contributed by atoms with Crippen molar-refractivity contribution in [3.8, 4) is 0 Å². The Morgan fingerprint density at radius 3 is 2.33 bits per heavy atom. The minimum absolute atomic E-state index is 0. The summed E-state index contributed by atoms with van der Waals surface area (Å²) in [5.74, 6) is 1.40. The van der Waals surface area contributed by atoms with Gasteiger partial charge in [0, 0.05) is 25.7 Å². The Balaban J connectivity index is 0.00000400. The SMILES string of the molecule is CCNC(=NCC(=O)N1CCCCC1)NC(C)C(C)C.I. The van der Waals surface area contributed by atoms with Crippen LogP contribution in [0.1, 0.15) is 47.0 Å².